The van der Waals surface area contributed by atoms with Gasteiger partial charge >= 0.3 is 5.95 Å². The summed E-state index contributed by atoms with van der Waals surface area (Å²) in [5.74, 6) is 0.316. The zero-order valence-corrected chi connectivity index (χ0v) is 10.8. The molecule has 0 N–H and O–H groups in total. The standard InChI is InChI=1S/C10H9BrN4O3/c11-8-2-1-3-9(6-8)18-5-4-14-7-12-10(13-14)15(16)17/h1-3,6-7H,4-5H2. The Bertz CT molecular complexity index is 558. The van der Waals surface area contributed by atoms with Gasteiger partial charge in [0.25, 0.3) is 0 Å². The van der Waals surface area contributed by atoms with E-state index in [4.69, 9.17) is 4.74 Å². The van der Waals surface area contributed by atoms with Crippen LogP contribution in [0.3, 0.4) is 0 Å². The van der Waals surface area contributed by atoms with Crippen LogP contribution in [0.2, 0.25) is 0 Å². The lowest BCUT2D eigenvalue weighted by atomic mass is 10.3. The maximum Gasteiger partial charge on any atom is 0.490 e. The summed E-state index contributed by atoms with van der Waals surface area (Å²) < 4.78 is 7.77. The molecule has 0 atom stereocenters. The highest BCUT2D eigenvalue weighted by molar-refractivity contribution is 9.10. The first-order chi connectivity index (χ1) is 8.65. The third kappa shape index (κ3) is 3.27. The summed E-state index contributed by atoms with van der Waals surface area (Å²) in [6, 6.07) is 7.42. The van der Waals surface area contributed by atoms with E-state index in [1.807, 2.05) is 24.3 Å². The molecule has 0 fully saturated rings. The molecular weight excluding hydrogens is 304 g/mol. The van der Waals surface area contributed by atoms with Crippen LogP contribution in [0.25, 0.3) is 0 Å². The number of nitrogens with zero attached hydrogens (tertiary/aromatic N) is 4. The molecule has 0 saturated heterocycles. The van der Waals surface area contributed by atoms with E-state index < -0.39 is 10.9 Å². The average molecular weight is 313 g/mol. The van der Waals surface area contributed by atoms with Gasteiger partial charge in [0, 0.05) is 9.57 Å². The molecule has 1 heterocycles. The van der Waals surface area contributed by atoms with Gasteiger partial charge in [-0.3, -0.25) is 0 Å². The van der Waals surface area contributed by atoms with Crippen molar-refractivity contribution in [2.45, 2.75) is 6.54 Å². The summed E-state index contributed by atoms with van der Waals surface area (Å²) in [6.07, 6.45) is 1.31. The maximum atomic E-state index is 10.4. The second-order valence-corrected chi connectivity index (χ2v) is 4.29. The van der Waals surface area contributed by atoms with Crippen LogP contribution in [0, 0.1) is 10.1 Å². The lowest BCUT2D eigenvalue weighted by molar-refractivity contribution is -0.394. The Morgan fingerprint density at radius 1 is 1.50 bits per heavy atom. The molecule has 7 nitrogen and oxygen atoms in total. The van der Waals surface area contributed by atoms with Gasteiger partial charge in [-0.15, -0.1) is 0 Å². The SMILES string of the molecule is O=[N+]([O-])c1ncn(CCOc2cccc(Br)c2)n1. The molecule has 0 saturated carbocycles. The van der Waals surface area contributed by atoms with E-state index in [2.05, 4.69) is 26.0 Å². The summed E-state index contributed by atoms with van der Waals surface area (Å²) >= 11 is 3.34. The van der Waals surface area contributed by atoms with Crippen molar-refractivity contribution in [2.75, 3.05) is 6.61 Å². The molecule has 0 amide bonds. The second-order valence-electron chi connectivity index (χ2n) is 3.37. The molecule has 0 aliphatic heterocycles. The van der Waals surface area contributed by atoms with E-state index in [0.717, 1.165) is 10.2 Å². The molecule has 0 unspecified atom stereocenters. The van der Waals surface area contributed by atoms with E-state index in [1.165, 1.54) is 11.0 Å². The summed E-state index contributed by atoms with van der Waals surface area (Å²) in [6.45, 7) is 0.754. The van der Waals surface area contributed by atoms with Crippen molar-refractivity contribution in [3.63, 3.8) is 0 Å². The topological polar surface area (TPSA) is 83.1 Å². The fraction of sp³-hybridized carbons (Fsp3) is 0.200. The van der Waals surface area contributed by atoms with Gasteiger partial charge < -0.3 is 14.9 Å². The Hall–Kier alpha value is -1.96. The molecule has 94 valence electrons. The van der Waals surface area contributed by atoms with E-state index in [9.17, 15) is 10.1 Å². The zero-order chi connectivity index (χ0) is 13.0. The Labute approximate surface area is 111 Å². The molecule has 0 radical (unpaired) electrons. The fourth-order valence-electron chi connectivity index (χ4n) is 1.29. The van der Waals surface area contributed by atoms with Gasteiger partial charge in [-0.05, 0) is 23.1 Å². The van der Waals surface area contributed by atoms with Gasteiger partial charge in [0.05, 0.1) is 6.54 Å². The van der Waals surface area contributed by atoms with E-state index in [0.29, 0.717) is 13.2 Å². The monoisotopic (exact) mass is 312 g/mol. The minimum absolute atomic E-state index is 0.358. The smallest absolute Gasteiger partial charge is 0.490 e. The fourth-order valence-corrected chi connectivity index (χ4v) is 1.67. The van der Waals surface area contributed by atoms with Crippen LogP contribution in [0.5, 0.6) is 5.75 Å². The number of hydrogen-bond acceptors (Lipinski definition) is 5. The Balaban J connectivity index is 1.86. The van der Waals surface area contributed by atoms with Gasteiger partial charge in [0.1, 0.15) is 12.4 Å². The largest absolute Gasteiger partial charge is 0.492 e. The average Bonchev–Trinajstić information content (AvgIpc) is 2.78. The second kappa shape index (κ2) is 5.58. The van der Waals surface area contributed by atoms with Gasteiger partial charge in [-0.25, -0.2) is 0 Å². The maximum absolute atomic E-state index is 10.4. The summed E-state index contributed by atoms with van der Waals surface area (Å²) in [7, 11) is 0. The number of benzene rings is 1. The first-order valence-electron chi connectivity index (χ1n) is 5.07. The van der Waals surface area contributed by atoms with Crippen LogP contribution in [-0.4, -0.2) is 26.3 Å². The van der Waals surface area contributed by atoms with Crippen molar-refractivity contribution in [3.8, 4) is 5.75 Å². The highest BCUT2D eigenvalue weighted by atomic mass is 79.9. The van der Waals surface area contributed by atoms with Crippen LogP contribution < -0.4 is 4.74 Å². The van der Waals surface area contributed by atoms with E-state index in [-0.39, 0.29) is 0 Å². The summed E-state index contributed by atoms with van der Waals surface area (Å²) in [4.78, 5) is 13.3. The Kier molecular flexibility index (Phi) is 3.88. The van der Waals surface area contributed by atoms with Crippen LogP contribution in [-0.2, 0) is 6.54 Å². The first-order valence-corrected chi connectivity index (χ1v) is 5.86. The zero-order valence-electron chi connectivity index (χ0n) is 9.19. The van der Waals surface area contributed by atoms with Crippen molar-refractivity contribution in [1.29, 1.82) is 0 Å². The molecule has 0 spiro atoms. The van der Waals surface area contributed by atoms with Gasteiger partial charge in [-0.2, -0.15) is 4.68 Å². The molecule has 2 rings (SSSR count). The molecule has 0 aliphatic carbocycles. The third-order valence-electron chi connectivity index (χ3n) is 2.07. The third-order valence-corrected chi connectivity index (χ3v) is 2.57. The Morgan fingerprint density at radius 3 is 3.00 bits per heavy atom. The molecule has 18 heavy (non-hydrogen) atoms. The molecule has 1 aromatic carbocycles. The molecule has 1 aromatic heterocycles. The summed E-state index contributed by atoms with van der Waals surface area (Å²) in [5.41, 5.74) is 0. The normalized spacial score (nSPS) is 10.3. The van der Waals surface area contributed by atoms with Crippen LogP contribution in [0.15, 0.2) is 35.1 Å². The molecule has 8 heteroatoms. The molecule has 0 bridgehead atoms. The predicted molar refractivity (Wildman–Crippen MR) is 66.3 cm³/mol. The molecular formula is C10H9BrN4O3. The number of nitro groups is 1. The van der Waals surface area contributed by atoms with E-state index >= 15 is 0 Å². The van der Waals surface area contributed by atoms with Crippen LogP contribution in [0.1, 0.15) is 0 Å². The lowest BCUT2D eigenvalue weighted by Crippen LogP contribution is -2.08. The highest BCUT2D eigenvalue weighted by Gasteiger charge is 2.12. The predicted octanol–water partition coefficient (Wildman–Crippen LogP) is 2.03. The number of aromatic nitrogens is 3. The van der Waals surface area contributed by atoms with Crippen molar-refractivity contribution in [3.05, 3.63) is 45.2 Å². The number of rotatable bonds is 5. The van der Waals surface area contributed by atoms with Crippen molar-refractivity contribution in [2.24, 2.45) is 0 Å². The quantitative estimate of drug-likeness (QED) is 0.623. The Morgan fingerprint density at radius 2 is 2.33 bits per heavy atom. The van der Waals surface area contributed by atoms with Crippen molar-refractivity contribution < 1.29 is 9.66 Å². The van der Waals surface area contributed by atoms with Crippen molar-refractivity contribution >= 4 is 21.9 Å². The highest BCUT2D eigenvalue weighted by Crippen LogP contribution is 2.17. The van der Waals surface area contributed by atoms with Gasteiger partial charge in [-0.1, -0.05) is 27.0 Å². The first kappa shape index (κ1) is 12.5. The summed E-state index contributed by atoms with van der Waals surface area (Å²) in [5, 5.41) is 14.1. The van der Waals surface area contributed by atoms with Gasteiger partial charge in [0.15, 0.2) is 0 Å². The van der Waals surface area contributed by atoms with Crippen LogP contribution in [0.4, 0.5) is 5.95 Å². The number of ether oxygens (including phenoxy) is 1. The van der Waals surface area contributed by atoms with Crippen molar-refractivity contribution in [1.82, 2.24) is 14.8 Å². The van der Waals surface area contributed by atoms with Crippen LogP contribution >= 0.6 is 15.9 Å². The number of hydrogen-bond donors (Lipinski definition) is 0. The lowest BCUT2D eigenvalue weighted by Gasteiger charge is -2.04. The molecule has 2 aromatic rings. The minimum Gasteiger partial charge on any atom is -0.492 e. The van der Waals surface area contributed by atoms with Gasteiger partial charge in [0.2, 0.25) is 6.33 Å². The minimum atomic E-state index is -0.633. The number of halogens is 1. The molecule has 0 aliphatic rings. The van der Waals surface area contributed by atoms with E-state index in [1.54, 1.807) is 0 Å².